The van der Waals surface area contributed by atoms with E-state index in [1.165, 1.54) is 22.3 Å². The van der Waals surface area contributed by atoms with Crippen LogP contribution in [0.2, 0.25) is 0 Å². The lowest BCUT2D eigenvalue weighted by Gasteiger charge is -2.25. The number of ether oxygens (including phenoxy) is 1. The molecule has 1 aromatic carbocycles. The Morgan fingerprint density at radius 3 is 2.79 bits per heavy atom. The van der Waals surface area contributed by atoms with Gasteiger partial charge in [0.25, 0.3) is 0 Å². The predicted molar refractivity (Wildman–Crippen MR) is 77.8 cm³/mol. The van der Waals surface area contributed by atoms with Crippen LogP contribution in [0.5, 0.6) is 0 Å². The summed E-state index contributed by atoms with van der Waals surface area (Å²) in [6, 6.07) is 7.81. The fourth-order valence-corrected chi connectivity index (χ4v) is 4.32. The van der Waals surface area contributed by atoms with Crippen molar-refractivity contribution in [1.82, 2.24) is 4.31 Å². The first-order valence-corrected chi connectivity index (χ1v) is 8.82. The smallest absolute Gasteiger partial charge is 0.213 e. The van der Waals surface area contributed by atoms with Crippen LogP contribution in [-0.4, -0.2) is 44.2 Å². The van der Waals surface area contributed by atoms with Crippen molar-refractivity contribution in [3.63, 3.8) is 0 Å². The number of para-hydroxylation sites is 1. The van der Waals surface area contributed by atoms with Crippen LogP contribution >= 0.6 is 11.8 Å². The monoisotopic (exact) mass is 302 g/mol. The van der Waals surface area contributed by atoms with Crippen LogP contribution in [0.1, 0.15) is 6.92 Å². The van der Waals surface area contributed by atoms with Gasteiger partial charge in [0.05, 0.1) is 12.9 Å². The molecule has 1 aliphatic rings. The van der Waals surface area contributed by atoms with Gasteiger partial charge in [-0.2, -0.15) is 4.31 Å². The highest BCUT2D eigenvalue weighted by Crippen LogP contribution is 2.39. The molecule has 106 valence electrons. The highest BCUT2D eigenvalue weighted by atomic mass is 32.2. The highest BCUT2D eigenvalue weighted by molar-refractivity contribution is 8.01. The number of thioether (sulfide) groups is 1. The molecule has 0 fully saturated rings. The molecule has 2 rings (SSSR count). The van der Waals surface area contributed by atoms with Crippen molar-refractivity contribution >= 4 is 27.5 Å². The van der Waals surface area contributed by atoms with Gasteiger partial charge in [-0.3, -0.25) is 0 Å². The maximum atomic E-state index is 11.9. The summed E-state index contributed by atoms with van der Waals surface area (Å²) in [6.07, 6.45) is 1.23. The fraction of sp³-hybridized carbons (Fsp3) is 0.500. The van der Waals surface area contributed by atoms with Gasteiger partial charge in [0.15, 0.2) is 0 Å². The summed E-state index contributed by atoms with van der Waals surface area (Å²) < 4.78 is 30.5. The quantitative estimate of drug-likeness (QED) is 0.812. The summed E-state index contributed by atoms with van der Waals surface area (Å²) >= 11 is 1.51. The van der Waals surface area contributed by atoms with E-state index >= 15 is 0 Å². The molecule has 0 saturated heterocycles. The second-order valence-corrected chi connectivity index (χ2v) is 7.24. The Morgan fingerprint density at radius 2 is 2.16 bits per heavy atom. The number of benzene rings is 1. The number of nitrogens with one attached hydrogen (secondary N) is 1. The molecule has 7 heteroatoms. The van der Waals surface area contributed by atoms with Crippen LogP contribution in [0.4, 0.5) is 5.69 Å². The number of hydrogen-bond acceptors (Lipinski definition) is 5. The Labute approximate surface area is 118 Å². The second kappa shape index (κ2) is 6.13. The molecule has 0 aromatic heterocycles. The van der Waals surface area contributed by atoms with Crippen LogP contribution in [0.3, 0.4) is 0 Å². The third-order valence-electron chi connectivity index (χ3n) is 2.75. The first-order valence-electron chi connectivity index (χ1n) is 6.09. The van der Waals surface area contributed by atoms with E-state index in [9.17, 15) is 8.42 Å². The average molecular weight is 302 g/mol. The van der Waals surface area contributed by atoms with E-state index in [-0.39, 0.29) is 5.50 Å². The van der Waals surface area contributed by atoms with Crippen LogP contribution in [0, 0.1) is 0 Å². The molecule has 1 unspecified atom stereocenters. The van der Waals surface area contributed by atoms with Gasteiger partial charge < -0.3 is 10.1 Å². The molecule has 5 nitrogen and oxygen atoms in total. The van der Waals surface area contributed by atoms with Gasteiger partial charge in [-0.25, -0.2) is 8.42 Å². The van der Waals surface area contributed by atoms with Crippen LogP contribution in [-0.2, 0) is 14.8 Å². The van der Waals surface area contributed by atoms with E-state index in [4.69, 9.17) is 4.74 Å². The van der Waals surface area contributed by atoms with Crippen molar-refractivity contribution < 1.29 is 13.2 Å². The minimum atomic E-state index is -3.28. The van der Waals surface area contributed by atoms with Crippen LogP contribution in [0.15, 0.2) is 29.2 Å². The molecule has 0 spiro atoms. The summed E-state index contributed by atoms with van der Waals surface area (Å²) in [4.78, 5) is 1.07. The zero-order valence-corrected chi connectivity index (χ0v) is 12.6. The van der Waals surface area contributed by atoms with E-state index in [0.29, 0.717) is 19.8 Å². The molecule has 1 N–H and O–H groups in total. The standard InChI is InChI=1S/C12H18N2O3S2/c1-3-17-9-8-14(19(2,15)16)12-13-10-6-4-5-7-11(10)18-12/h4-7,12-13H,3,8-9H2,1-2H3. The molecular weight excluding hydrogens is 284 g/mol. The van der Waals surface area contributed by atoms with Gasteiger partial charge in [0, 0.05) is 23.7 Å². The Kier molecular flexibility index (Phi) is 4.72. The first kappa shape index (κ1) is 14.6. The number of fused-ring (bicyclic) bond motifs is 1. The molecule has 0 aliphatic carbocycles. The van der Waals surface area contributed by atoms with Crippen LogP contribution in [0.25, 0.3) is 0 Å². The first-order chi connectivity index (χ1) is 9.02. The number of hydrogen-bond donors (Lipinski definition) is 1. The van der Waals surface area contributed by atoms with Crippen molar-refractivity contribution in [2.45, 2.75) is 17.3 Å². The maximum absolute atomic E-state index is 11.9. The largest absolute Gasteiger partial charge is 0.380 e. The third kappa shape index (κ3) is 3.62. The summed E-state index contributed by atoms with van der Waals surface area (Å²) in [5.41, 5.74) is 0.676. The Bertz CT molecular complexity index is 509. The topological polar surface area (TPSA) is 58.6 Å². The minimum Gasteiger partial charge on any atom is -0.380 e. The van der Waals surface area contributed by atoms with E-state index in [1.807, 2.05) is 31.2 Å². The zero-order valence-electron chi connectivity index (χ0n) is 11.0. The molecule has 0 radical (unpaired) electrons. The lowest BCUT2D eigenvalue weighted by Crippen LogP contribution is -2.42. The van der Waals surface area contributed by atoms with E-state index < -0.39 is 10.0 Å². The number of rotatable bonds is 6. The molecule has 0 saturated carbocycles. The van der Waals surface area contributed by atoms with E-state index in [0.717, 1.165) is 10.6 Å². The van der Waals surface area contributed by atoms with E-state index in [1.54, 1.807) is 0 Å². The maximum Gasteiger partial charge on any atom is 0.213 e. The Balaban J connectivity index is 2.09. The number of nitrogens with zero attached hydrogens (tertiary/aromatic N) is 1. The lowest BCUT2D eigenvalue weighted by molar-refractivity contribution is 0.134. The molecular formula is C12H18N2O3S2. The lowest BCUT2D eigenvalue weighted by atomic mass is 10.3. The van der Waals surface area contributed by atoms with Crippen molar-refractivity contribution in [1.29, 1.82) is 0 Å². The normalized spacial score (nSPS) is 18.4. The summed E-state index contributed by atoms with van der Waals surface area (Å²) in [7, 11) is -3.28. The van der Waals surface area contributed by atoms with Crippen molar-refractivity contribution in [2.24, 2.45) is 0 Å². The van der Waals surface area contributed by atoms with Crippen molar-refractivity contribution in [2.75, 3.05) is 31.3 Å². The Hall–Kier alpha value is -0.760. The third-order valence-corrected chi connectivity index (χ3v) is 5.34. The fourth-order valence-electron chi connectivity index (χ4n) is 1.86. The van der Waals surface area contributed by atoms with Gasteiger partial charge in [-0.1, -0.05) is 23.9 Å². The van der Waals surface area contributed by atoms with Gasteiger partial charge >= 0.3 is 0 Å². The van der Waals surface area contributed by atoms with Crippen molar-refractivity contribution in [3.05, 3.63) is 24.3 Å². The predicted octanol–water partition coefficient (Wildman–Crippen LogP) is 1.79. The molecule has 1 aliphatic heterocycles. The zero-order chi connectivity index (χ0) is 13.9. The van der Waals surface area contributed by atoms with Gasteiger partial charge in [-0.05, 0) is 19.1 Å². The molecule has 19 heavy (non-hydrogen) atoms. The number of anilines is 1. The SMILES string of the molecule is CCOCCN(C1Nc2ccccc2S1)S(C)(=O)=O. The second-order valence-electron chi connectivity index (χ2n) is 4.18. The highest BCUT2D eigenvalue weighted by Gasteiger charge is 2.32. The Morgan fingerprint density at radius 1 is 1.42 bits per heavy atom. The van der Waals surface area contributed by atoms with Gasteiger partial charge in [0.1, 0.15) is 5.50 Å². The molecule has 0 bridgehead atoms. The van der Waals surface area contributed by atoms with Crippen molar-refractivity contribution in [3.8, 4) is 0 Å². The van der Waals surface area contributed by atoms with Gasteiger partial charge in [0.2, 0.25) is 10.0 Å². The molecule has 1 atom stereocenters. The minimum absolute atomic E-state index is 0.298. The molecule has 1 aromatic rings. The molecule has 0 amide bonds. The average Bonchev–Trinajstić information content (AvgIpc) is 2.76. The van der Waals surface area contributed by atoms with Crippen LogP contribution < -0.4 is 5.32 Å². The number of sulfonamides is 1. The van der Waals surface area contributed by atoms with Gasteiger partial charge in [-0.15, -0.1) is 0 Å². The summed E-state index contributed by atoms with van der Waals surface area (Å²) in [6.45, 7) is 3.23. The molecule has 1 heterocycles. The summed E-state index contributed by atoms with van der Waals surface area (Å²) in [5.74, 6) is 0. The van der Waals surface area contributed by atoms with E-state index in [2.05, 4.69) is 5.32 Å². The summed E-state index contributed by atoms with van der Waals surface area (Å²) in [5, 5.41) is 3.22.